The summed E-state index contributed by atoms with van der Waals surface area (Å²) in [5.41, 5.74) is 5.67. The second-order valence-corrected chi connectivity index (χ2v) is 9.57. The predicted molar refractivity (Wildman–Crippen MR) is 151 cm³/mol. The van der Waals surface area contributed by atoms with Crippen molar-refractivity contribution in [3.63, 3.8) is 0 Å². The molecule has 9 nitrogen and oxygen atoms in total. The van der Waals surface area contributed by atoms with Gasteiger partial charge in [0.15, 0.2) is 0 Å². The van der Waals surface area contributed by atoms with Gasteiger partial charge in [-0.05, 0) is 60.4 Å². The van der Waals surface area contributed by atoms with E-state index in [1.165, 1.54) is 12.1 Å². The largest absolute Gasteiger partial charge is 0.478 e. The molecule has 5 rings (SSSR count). The first-order valence-corrected chi connectivity index (χ1v) is 12.7. The first-order chi connectivity index (χ1) is 19.2. The number of carboxylic acids is 1. The van der Waals surface area contributed by atoms with Crippen LogP contribution >= 0.6 is 0 Å². The Bertz CT molecular complexity index is 1740. The van der Waals surface area contributed by atoms with Gasteiger partial charge in [0.25, 0.3) is 11.6 Å². The smallest absolute Gasteiger partial charge is 0.336 e. The number of nitro groups is 1. The average Bonchev–Trinajstić information content (AvgIpc) is 3.27. The molecular weight excluding hydrogens is 508 g/mol. The van der Waals surface area contributed by atoms with Crippen molar-refractivity contribution in [2.45, 2.75) is 26.4 Å². The van der Waals surface area contributed by atoms with Gasteiger partial charge >= 0.3 is 5.97 Å². The van der Waals surface area contributed by atoms with Gasteiger partial charge in [0.05, 0.1) is 34.3 Å². The van der Waals surface area contributed by atoms with E-state index in [0.29, 0.717) is 17.7 Å². The highest BCUT2D eigenvalue weighted by molar-refractivity contribution is 5.99. The number of fused-ring (bicyclic) bond motifs is 1. The van der Waals surface area contributed by atoms with E-state index in [2.05, 4.69) is 10.4 Å². The van der Waals surface area contributed by atoms with E-state index in [1.54, 1.807) is 36.4 Å². The van der Waals surface area contributed by atoms with E-state index in [1.807, 2.05) is 61.0 Å². The Morgan fingerprint density at radius 1 is 1.00 bits per heavy atom. The first-order valence-electron chi connectivity index (χ1n) is 12.7. The Labute approximate surface area is 229 Å². The summed E-state index contributed by atoms with van der Waals surface area (Å²) in [4.78, 5) is 35.0. The summed E-state index contributed by atoms with van der Waals surface area (Å²) in [7, 11) is 0. The predicted octanol–water partition coefficient (Wildman–Crippen LogP) is 6.16. The van der Waals surface area contributed by atoms with Crippen LogP contribution in [0.3, 0.4) is 0 Å². The lowest BCUT2D eigenvalue weighted by Crippen LogP contribution is -2.26. The molecule has 0 radical (unpaired) electrons. The zero-order valence-electron chi connectivity index (χ0n) is 21.9. The number of nitrogens with zero attached hydrogens (tertiary/aromatic N) is 3. The number of nitrogens with one attached hydrogen (secondary N) is 1. The second kappa shape index (κ2) is 10.8. The zero-order chi connectivity index (χ0) is 28.4. The summed E-state index contributed by atoms with van der Waals surface area (Å²) in [6, 6.07) is 25.9. The number of carbonyl (C=O) groups excluding carboxylic acids is 1. The molecule has 200 valence electrons. The highest BCUT2D eigenvalue weighted by atomic mass is 16.6. The van der Waals surface area contributed by atoms with Gasteiger partial charge in [-0.25, -0.2) is 4.79 Å². The van der Waals surface area contributed by atoms with Crippen LogP contribution in [0.1, 0.15) is 50.5 Å². The van der Waals surface area contributed by atoms with Crippen LogP contribution in [-0.4, -0.2) is 31.7 Å². The molecule has 40 heavy (non-hydrogen) atoms. The molecule has 0 saturated carbocycles. The molecule has 0 saturated heterocycles. The number of non-ortho nitro benzene ring substituents is 1. The molecule has 5 aromatic rings. The van der Waals surface area contributed by atoms with Gasteiger partial charge in [0.1, 0.15) is 0 Å². The fourth-order valence-corrected chi connectivity index (χ4v) is 4.73. The average molecular weight is 535 g/mol. The van der Waals surface area contributed by atoms with Crippen molar-refractivity contribution < 1.29 is 19.6 Å². The maximum absolute atomic E-state index is 13.0. The van der Waals surface area contributed by atoms with Crippen LogP contribution in [0.5, 0.6) is 0 Å². The fraction of sp³-hybridized carbons (Fsp3) is 0.129. The second-order valence-electron chi connectivity index (χ2n) is 9.57. The zero-order valence-corrected chi connectivity index (χ0v) is 21.9. The third kappa shape index (κ3) is 5.30. The topological polar surface area (TPSA) is 127 Å². The molecular formula is C31H26N4O5. The summed E-state index contributed by atoms with van der Waals surface area (Å²) < 4.78 is 1.88. The Hall–Kier alpha value is -5.31. The molecule has 0 aliphatic rings. The van der Waals surface area contributed by atoms with Crippen molar-refractivity contribution in [1.29, 1.82) is 0 Å². The first kappa shape index (κ1) is 26.3. The van der Waals surface area contributed by atoms with E-state index >= 15 is 0 Å². The molecule has 0 fully saturated rings. The molecule has 0 unspecified atom stereocenters. The lowest BCUT2D eigenvalue weighted by molar-refractivity contribution is -0.384. The number of aromatic carboxylic acids is 1. The van der Waals surface area contributed by atoms with Crippen molar-refractivity contribution in [1.82, 2.24) is 15.1 Å². The van der Waals surface area contributed by atoms with Crippen molar-refractivity contribution in [2.24, 2.45) is 0 Å². The summed E-state index contributed by atoms with van der Waals surface area (Å²) in [5.74, 6) is -1.22. The van der Waals surface area contributed by atoms with Crippen LogP contribution in [0.2, 0.25) is 0 Å². The van der Waals surface area contributed by atoms with Crippen LogP contribution in [-0.2, 0) is 6.54 Å². The summed E-state index contributed by atoms with van der Waals surface area (Å²) >= 11 is 0. The number of carboxylic acid groups (broad SMARTS) is 1. The number of amides is 1. The molecule has 0 aliphatic carbocycles. The molecule has 2 N–H and O–H groups in total. The molecule has 0 spiro atoms. The van der Waals surface area contributed by atoms with Crippen LogP contribution in [0.15, 0.2) is 91.0 Å². The summed E-state index contributed by atoms with van der Waals surface area (Å²) in [6.45, 7) is 4.23. The number of hydrogen-bond donors (Lipinski definition) is 2. The van der Waals surface area contributed by atoms with Gasteiger partial charge in [-0.1, -0.05) is 54.6 Å². The van der Waals surface area contributed by atoms with Crippen LogP contribution in [0, 0.1) is 17.0 Å². The quantitative estimate of drug-likeness (QED) is 0.181. The number of carbonyl (C=O) groups is 2. The molecule has 4 aromatic carbocycles. The highest BCUT2D eigenvalue weighted by Crippen LogP contribution is 2.26. The SMILES string of the molecule is Cc1nn(Cc2ccc(-c3ccccc3C(=O)O)cc2)c2ccc(C(=O)N[C@@H](C)c3ccc([N+](=O)[O-])cc3)cc12. The molecule has 0 bridgehead atoms. The number of aryl methyl sites for hydroxylation is 1. The van der Waals surface area contributed by atoms with E-state index < -0.39 is 10.9 Å². The minimum Gasteiger partial charge on any atom is -0.478 e. The lowest BCUT2D eigenvalue weighted by Gasteiger charge is -2.14. The fourth-order valence-electron chi connectivity index (χ4n) is 4.73. The highest BCUT2D eigenvalue weighted by Gasteiger charge is 2.16. The van der Waals surface area contributed by atoms with Crippen LogP contribution in [0.4, 0.5) is 5.69 Å². The van der Waals surface area contributed by atoms with Gasteiger partial charge in [-0.15, -0.1) is 0 Å². The minimum absolute atomic E-state index is 0.000299. The van der Waals surface area contributed by atoms with E-state index in [0.717, 1.165) is 33.3 Å². The normalized spacial score (nSPS) is 11.8. The molecule has 1 atom stereocenters. The Kier molecular flexibility index (Phi) is 7.11. The molecule has 1 heterocycles. The number of aromatic nitrogens is 2. The molecule has 0 aliphatic heterocycles. The Morgan fingerprint density at radius 3 is 2.38 bits per heavy atom. The maximum Gasteiger partial charge on any atom is 0.336 e. The third-order valence-corrected chi connectivity index (χ3v) is 6.90. The van der Waals surface area contributed by atoms with E-state index in [-0.39, 0.29) is 23.2 Å². The Balaban J connectivity index is 1.32. The summed E-state index contributed by atoms with van der Waals surface area (Å²) in [5, 5.41) is 28.9. The maximum atomic E-state index is 13.0. The van der Waals surface area contributed by atoms with Gasteiger partial charge in [0, 0.05) is 23.1 Å². The molecule has 1 aromatic heterocycles. The number of nitro benzene ring substituents is 1. The molecule has 9 heteroatoms. The summed E-state index contributed by atoms with van der Waals surface area (Å²) in [6.07, 6.45) is 0. The van der Waals surface area contributed by atoms with Gasteiger partial charge in [-0.3, -0.25) is 19.6 Å². The van der Waals surface area contributed by atoms with Crippen LogP contribution < -0.4 is 5.32 Å². The van der Waals surface area contributed by atoms with E-state index in [9.17, 15) is 24.8 Å². The van der Waals surface area contributed by atoms with Crippen molar-refractivity contribution >= 4 is 28.5 Å². The minimum atomic E-state index is -0.966. The Morgan fingerprint density at radius 2 is 1.70 bits per heavy atom. The van der Waals surface area contributed by atoms with Crippen molar-refractivity contribution in [2.75, 3.05) is 0 Å². The van der Waals surface area contributed by atoms with E-state index in [4.69, 9.17) is 0 Å². The van der Waals surface area contributed by atoms with Crippen molar-refractivity contribution in [3.05, 3.63) is 129 Å². The standard InChI is InChI=1S/C31H26N4O5/c1-19(22-11-14-25(15-12-22)35(39)40)32-30(36)24-13-16-29-28(17-24)20(2)33-34(29)18-21-7-9-23(10-8-21)26-5-3-4-6-27(26)31(37)38/h3-17,19H,18H2,1-2H3,(H,32,36)(H,37,38)/t19-/m0/s1. The molecule has 1 amide bonds. The number of hydrogen-bond acceptors (Lipinski definition) is 5. The third-order valence-electron chi connectivity index (χ3n) is 6.90. The van der Waals surface area contributed by atoms with Crippen LogP contribution in [0.25, 0.3) is 22.0 Å². The van der Waals surface area contributed by atoms with Gasteiger partial charge in [0.2, 0.25) is 0 Å². The van der Waals surface area contributed by atoms with Gasteiger partial charge in [-0.2, -0.15) is 5.10 Å². The number of benzene rings is 4. The number of rotatable bonds is 8. The monoisotopic (exact) mass is 534 g/mol. The lowest BCUT2D eigenvalue weighted by atomic mass is 9.99. The van der Waals surface area contributed by atoms with Gasteiger partial charge < -0.3 is 10.4 Å². The van der Waals surface area contributed by atoms with Crippen molar-refractivity contribution in [3.8, 4) is 11.1 Å².